The van der Waals surface area contributed by atoms with Crippen molar-refractivity contribution < 1.29 is 68.0 Å². The highest BCUT2D eigenvalue weighted by Crippen LogP contribution is 2.42. The van der Waals surface area contributed by atoms with Gasteiger partial charge < -0.3 is 65.9 Å². The third-order valence-electron chi connectivity index (χ3n) is 13.7. The topological polar surface area (TPSA) is 280 Å². The van der Waals surface area contributed by atoms with Gasteiger partial charge in [-0.2, -0.15) is 11.8 Å². The number of nitrogens with zero attached hydrogens (tertiary/aromatic N) is 4. The second kappa shape index (κ2) is 26.8. The van der Waals surface area contributed by atoms with Crippen molar-refractivity contribution in [3.05, 3.63) is 112 Å². The SMILES string of the molecule is CN(C)c1ccc2c(c1)Cc1cc(N(C)C)ccc1C2=C1C=CC(=[N+](CC(=O)O)CC(=O)O)C(OCCOc2cc(C(=O)NCCCCCNC(=O)CCCCC3SCC4NC(=O)NC43)ccc2N(CC(=O)O)CC(=O)O)=C1. The second-order valence-electron chi connectivity index (χ2n) is 19.9. The summed E-state index contributed by atoms with van der Waals surface area (Å²) in [7, 11) is 7.89. The number of rotatable bonds is 28. The normalized spacial score (nSPS) is 16.9. The first-order valence-corrected chi connectivity index (χ1v) is 27.0. The molecule has 3 aromatic carbocycles. The number of anilines is 3. The van der Waals surface area contributed by atoms with Gasteiger partial charge in [0.25, 0.3) is 5.91 Å². The predicted molar refractivity (Wildman–Crippen MR) is 296 cm³/mol. The highest BCUT2D eigenvalue weighted by molar-refractivity contribution is 8.00. The first kappa shape index (κ1) is 57.7. The smallest absolute Gasteiger partial charge is 0.369 e. The van der Waals surface area contributed by atoms with E-state index in [1.54, 1.807) is 18.2 Å². The standard InChI is InChI=1S/C56H68N8O13S/c1-61(2)38-14-16-40-36(25-38)24-37-26-39(62(3)4)15-17-41(37)53(40)34-12-18-43(63(29-49(66)67)30-50(68)69)45(27-34)76-22-23-77-46-28-35(13-19-44(46)64(31-51(70)71)32-52(72)73)55(74)58-21-9-5-8-20-57-48(65)11-7-6-10-47-54-42(33-78-47)59-56(75)60-54/h12-19,25-28,42,47,54H,5-11,20-24,29-33H2,1-4H3,(H7-,57,58,59,60,65,66,67,68,69,70,71,72,73,74,75)/p+1. The quantitative estimate of drug-likeness (QED) is 0.0222. The number of carbonyl (C=O) groups is 7. The Bertz CT molecular complexity index is 2820. The molecule has 21 nitrogen and oxygen atoms in total. The molecule has 0 saturated carbocycles. The zero-order valence-corrected chi connectivity index (χ0v) is 45.2. The molecule has 2 fully saturated rings. The maximum atomic E-state index is 13.5. The summed E-state index contributed by atoms with van der Waals surface area (Å²) in [6.07, 6.45) is 10.9. The highest BCUT2D eigenvalue weighted by Gasteiger charge is 2.42. The molecule has 78 heavy (non-hydrogen) atoms. The molecule has 2 aliphatic heterocycles. The Morgan fingerprint density at radius 1 is 0.718 bits per heavy atom. The first-order chi connectivity index (χ1) is 37.3. The van der Waals surface area contributed by atoms with Gasteiger partial charge in [-0.25, -0.2) is 19.0 Å². The summed E-state index contributed by atoms with van der Waals surface area (Å²) >= 11 is 1.85. The summed E-state index contributed by atoms with van der Waals surface area (Å²) in [5, 5.41) is 51.4. The number of benzene rings is 3. The molecule has 0 spiro atoms. The minimum atomic E-state index is -1.31. The van der Waals surface area contributed by atoms with E-state index in [2.05, 4.69) is 45.5 Å². The minimum absolute atomic E-state index is 0.0114. The average Bonchev–Trinajstić information content (AvgIpc) is 4.04. The molecule has 3 unspecified atom stereocenters. The van der Waals surface area contributed by atoms with Gasteiger partial charge in [-0.1, -0.05) is 18.6 Å². The van der Waals surface area contributed by atoms with Gasteiger partial charge in [0.1, 0.15) is 32.1 Å². The Labute approximate surface area is 457 Å². The van der Waals surface area contributed by atoms with E-state index in [0.717, 1.165) is 75.5 Å². The molecule has 4 aliphatic rings. The summed E-state index contributed by atoms with van der Waals surface area (Å²) < 4.78 is 13.7. The first-order valence-electron chi connectivity index (χ1n) is 26.0. The van der Waals surface area contributed by atoms with Crippen molar-refractivity contribution in [2.24, 2.45) is 0 Å². The fourth-order valence-electron chi connectivity index (χ4n) is 9.97. The van der Waals surface area contributed by atoms with Crippen LogP contribution in [0.5, 0.6) is 5.75 Å². The molecule has 416 valence electrons. The Hall–Kier alpha value is -8.01. The number of aliphatic carboxylic acids is 4. The third kappa shape index (κ3) is 15.3. The summed E-state index contributed by atoms with van der Waals surface area (Å²) in [5.74, 6) is -4.61. The lowest BCUT2D eigenvalue weighted by molar-refractivity contribution is -0.508. The number of carboxylic acids is 4. The number of nitrogens with one attached hydrogen (secondary N) is 4. The molecule has 8 N–H and O–H groups in total. The van der Waals surface area contributed by atoms with Crippen molar-refractivity contribution in [3.8, 4) is 5.75 Å². The highest BCUT2D eigenvalue weighted by atomic mass is 32.2. The van der Waals surface area contributed by atoms with Crippen LogP contribution in [0, 0.1) is 0 Å². The number of urea groups is 1. The van der Waals surface area contributed by atoms with Crippen molar-refractivity contribution >= 4 is 81.8 Å². The van der Waals surface area contributed by atoms with E-state index in [-0.39, 0.29) is 65.7 Å². The van der Waals surface area contributed by atoms with E-state index in [0.29, 0.717) is 49.6 Å². The molecule has 0 aromatic heterocycles. The average molecular weight is 1090 g/mol. The van der Waals surface area contributed by atoms with E-state index in [4.69, 9.17) is 9.47 Å². The number of ether oxygens (including phenoxy) is 2. The maximum Gasteiger partial charge on any atom is 0.369 e. The molecular formula is C56H69N8O13S+. The number of thioether (sulfide) groups is 1. The Morgan fingerprint density at radius 3 is 1.96 bits per heavy atom. The molecule has 0 bridgehead atoms. The van der Waals surface area contributed by atoms with Crippen molar-refractivity contribution in [1.82, 2.24) is 21.3 Å². The van der Waals surface area contributed by atoms with Gasteiger partial charge in [0.05, 0.1) is 17.8 Å². The van der Waals surface area contributed by atoms with Crippen LogP contribution < -0.4 is 40.7 Å². The Kier molecular flexibility index (Phi) is 19.9. The Balaban J connectivity index is 1.04. The number of allylic oxidation sites excluding steroid dienone is 4. The number of unbranched alkanes of at least 4 members (excludes halogenated alkanes) is 3. The largest absolute Gasteiger partial charge is 0.488 e. The van der Waals surface area contributed by atoms with Crippen LogP contribution in [0.15, 0.2) is 84.2 Å². The van der Waals surface area contributed by atoms with Gasteiger partial charge in [-0.3, -0.25) is 19.2 Å². The molecular weight excluding hydrogens is 1020 g/mol. The van der Waals surface area contributed by atoms with Crippen LogP contribution in [-0.2, 0) is 35.1 Å². The van der Waals surface area contributed by atoms with Crippen LogP contribution in [0.25, 0.3) is 5.57 Å². The van der Waals surface area contributed by atoms with Crippen LogP contribution in [0.2, 0.25) is 0 Å². The van der Waals surface area contributed by atoms with Gasteiger partial charge >= 0.3 is 29.9 Å². The molecule has 2 saturated heterocycles. The molecule has 0 radical (unpaired) electrons. The van der Waals surface area contributed by atoms with Crippen LogP contribution in [0.3, 0.4) is 0 Å². The van der Waals surface area contributed by atoms with Gasteiger partial charge in [0.15, 0.2) is 5.76 Å². The fourth-order valence-corrected chi connectivity index (χ4v) is 11.5. The van der Waals surface area contributed by atoms with Gasteiger partial charge in [0.2, 0.25) is 24.7 Å². The molecule has 7 rings (SSSR count). The monoisotopic (exact) mass is 1090 g/mol. The van der Waals surface area contributed by atoms with Crippen LogP contribution in [0.4, 0.5) is 21.9 Å². The van der Waals surface area contributed by atoms with Crippen LogP contribution in [0.1, 0.15) is 77.6 Å². The minimum Gasteiger partial charge on any atom is -0.488 e. The number of carbonyl (C=O) groups excluding carboxylic acids is 3. The third-order valence-corrected chi connectivity index (χ3v) is 15.2. The predicted octanol–water partition coefficient (Wildman–Crippen LogP) is 4.41. The number of fused-ring (bicyclic) bond motifs is 3. The van der Waals surface area contributed by atoms with Gasteiger partial charge in [0, 0.05) is 81.7 Å². The van der Waals surface area contributed by atoms with E-state index in [1.807, 2.05) is 61.9 Å². The van der Waals surface area contributed by atoms with E-state index in [1.165, 1.54) is 22.8 Å². The lowest BCUT2D eigenvalue weighted by atomic mass is 9.78. The molecule has 3 aromatic rings. The summed E-state index contributed by atoms with van der Waals surface area (Å²) in [6.45, 7) is -2.39. The summed E-state index contributed by atoms with van der Waals surface area (Å²) in [4.78, 5) is 90.9. The molecule has 2 aliphatic carbocycles. The van der Waals surface area contributed by atoms with Crippen LogP contribution >= 0.6 is 11.8 Å². The lowest BCUT2D eigenvalue weighted by Gasteiger charge is -2.28. The molecule has 3 atom stereocenters. The molecule has 2 heterocycles. The van der Waals surface area contributed by atoms with Gasteiger partial charge in [-0.05, 0) is 127 Å². The fraction of sp³-hybridized carbons (Fsp3) is 0.429. The van der Waals surface area contributed by atoms with Crippen molar-refractivity contribution in [2.75, 3.05) is 101 Å². The maximum absolute atomic E-state index is 13.5. The van der Waals surface area contributed by atoms with Crippen molar-refractivity contribution in [2.45, 2.75) is 68.7 Å². The molecule has 4 amide bonds. The number of hydrogen-bond acceptors (Lipinski definition) is 13. The van der Waals surface area contributed by atoms with E-state index < -0.39 is 56.0 Å². The zero-order chi connectivity index (χ0) is 56.0. The summed E-state index contributed by atoms with van der Waals surface area (Å²) in [6, 6.07) is 16.9. The number of carboxylic acid groups (broad SMARTS) is 4. The zero-order valence-electron chi connectivity index (χ0n) is 44.3. The van der Waals surface area contributed by atoms with Crippen molar-refractivity contribution in [3.63, 3.8) is 0 Å². The number of hydrogen-bond donors (Lipinski definition) is 8. The van der Waals surface area contributed by atoms with Crippen LogP contribution in [-0.4, -0.2) is 176 Å². The van der Waals surface area contributed by atoms with Gasteiger partial charge in [-0.15, -0.1) is 0 Å². The molecule has 22 heteroatoms. The van der Waals surface area contributed by atoms with Crippen molar-refractivity contribution in [1.29, 1.82) is 0 Å². The van der Waals surface area contributed by atoms with E-state index >= 15 is 0 Å². The van der Waals surface area contributed by atoms with E-state index in [9.17, 15) is 54.0 Å². The second-order valence-corrected chi connectivity index (χ2v) is 21.2. The number of amides is 4. The lowest BCUT2D eigenvalue weighted by Crippen LogP contribution is -2.36. The summed E-state index contributed by atoms with van der Waals surface area (Å²) in [5.41, 5.74) is 8.15. The Morgan fingerprint density at radius 2 is 1.35 bits per heavy atom.